The summed E-state index contributed by atoms with van der Waals surface area (Å²) in [5.41, 5.74) is 3.27. The normalized spacial score (nSPS) is 12.0. The van der Waals surface area contributed by atoms with Gasteiger partial charge in [0.2, 0.25) is 0 Å². The van der Waals surface area contributed by atoms with Crippen molar-refractivity contribution in [3.8, 4) is 23.0 Å². The van der Waals surface area contributed by atoms with E-state index < -0.39 is 30.2 Å². The second-order valence-electron chi connectivity index (χ2n) is 15.1. The molecule has 0 radical (unpaired) electrons. The quantitative estimate of drug-likeness (QED) is 0.0768. The number of hydrogen-bond acceptors (Lipinski definition) is 14. The summed E-state index contributed by atoms with van der Waals surface area (Å²) in [5, 5.41) is 8.36. The van der Waals surface area contributed by atoms with Crippen LogP contribution in [0.25, 0.3) is 0 Å². The molecule has 0 aliphatic rings. The summed E-state index contributed by atoms with van der Waals surface area (Å²) in [6, 6.07) is 32.0. The van der Waals surface area contributed by atoms with Crippen molar-refractivity contribution in [2.75, 3.05) is 61.9 Å². The predicted octanol–water partition coefficient (Wildman–Crippen LogP) is 5.12. The van der Waals surface area contributed by atoms with Crippen LogP contribution in [-0.2, 0) is 73.6 Å². The highest BCUT2D eigenvalue weighted by atomic mass is 32.2. The minimum absolute atomic E-state index is 0.0401. The SMILES string of the molecule is COc1ccc(CN(Cc2ccc(OC)cc2)S(=O)(=O)c2ccn(CCN(C)C)n2)cc1.COc1ccc(CN(Cc2ccc(OC)cc2)S(=O)(=O)c2ccn(CCOS(C)(=O)=O)n2)cc1. The molecular weight excluding hydrogens is 911 g/mol. The van der Waals surface area contributed by atoms with Crippen LogP contribution in [0.3, 0.4) is 0 Å². The number of nitrogens with zero attached hydrogens (tertiary/aromatic N) is 7. The van der Waals surface area contributed by atoms with E-state index in [1.165, 1.54) is 25.6 Å². The van der Waals surface area contributed by atoms with Gasteiger partial charge in [0.05, 0.1) is 54.4 Å². The predicted molar refractivity (Wildman–Crippen MR) is 249 cm³/mol. The first-order chi connectivity index (χ1) is 31.4. The zero-order valence-corrected chi connectivity index (χ0v) is 40.5. The summed E-state index contributed by atoms with van der Waals surface area (Å²) in [6.07, 6.45) is 4.12. The summed E-state index contributed by atoms with van der Waals surface area (Å²) in [6.45, 7) is 1.96. The lowest BCUT2D eigenvalue weighted by Crippen LogP contribution is -2.31. The first kappa shape index (κ1) is 51.2. The lowest BCUT2D eigenvalue weighted by molar-refractivity contribution is 0.296. The zero-order valence-electron chi connectivity index (χ0n) is 38.0. The third-order valence-electron chi connectivity index (χ3n) is 9.91. The van der Waals surface area contributed by atoms with E-state index in [0.717, 1.165) is 46.6 Å². The maximum atomic E-state index is 13.5. The van der Waals surface area contributed by atoms with Gasteiger partial charge in [0.1, 0.15) is 23.0 Å². The van der Waals surface area contributed by atoms with Crippen molar-refractivity contribution in [2.24, 2.45) is 0 Å². The average molecular weight is 968 g/mol. The highest BCUT2D eigenvalue weighted by Crippen LogP contribution is 2.25. The van der Waals surface area contributed by atoms with Crippen LogP contribution in [0.15, 0.2) is 132 Å². The van der Waals surface area contributed by atoms with Crippen LogP contribution in [0.2, 0.25) is 0 Å². The molecule has 4 aromatic carbocycles. The molecule has 0 spiro atoms. The minimum Gasteiger partial charge on any atom is -0.497 e. The summed E-state index contributed by atoms with van der Waals surface area (Å²) >= 11 is 0. The Labute approximate surface area is 388 Å². The van der Waals surface area contributed by atoms with Gasteiger partial charge in [-0.2, -0.15) is 27.2 Å². The fourth-order valence-electron chi connectivity index (χ4n) is 6.25. The minimum atomic E-state index is -3.98. The average Bonchev–Trinajstić information content (AvgIpc) is 4.00. The van der Waals surface area contributed by atoms with Crippen LogP contribution < -0.4 is 18.9 Å². The van der Waals surface area contributed by atoms with E-state index in [0.29, 0.717) is 18.0 Å². The molecule has 0 atom stereocenters. The van der Waals surface area contributed by atoms with Crippen LogP contribution in [0.4, 0.5) is 0 Å². The first-order valence-electron chi connectivity index (χ1n) is 20.5. The highest BCUT2D eigenvalue weighted by molar-refractivity contribution is 7.89. The Bertz CT molecular complexity index is 2670. The molecule has 21 heteroatoms. The molecule has 0 fully saturated rings. The topological polar surface area (TPSA) is 194 Å². The van der Waals surface area contributed by atoms with Gasteiger partial charge in [0, 0.05) is 45.1 Å². The van der Waals surface area contributed by atoms with E-state index in [9.17, 15) is 25.3 Å². The number of rotatable bonds is 23. The number of sulfonamides is 2. The molecule has 0 saturated carbocycles. The number of aromatic nitrogens is 4. The van der Waals surface area contributed by atoms with Gasteiger partial charge in [-0.25, -0.2) is 16.8 Å². The van der Waals surface area contributed by atoms with Crippen LogP contribution in [0.1, 0.15) is 22.3 Å². The highest BCUT2D eigenvalue weighted by Gasteiger charge is 2.29. The molecule has 0 saturated heterocycles. The van der Waals surface area contributed by atoms with E-state index in [2.05, 4.69) is 10.2 Å². The number of hydrogen-bond donors (Lipinski definition) is 0. The standard InChI is InChI=1S/C23H30N4O4S.C22H27N3O7S2/c1-25(2)15-16-26-14-13-23(24-26)32(28,29)27(17-19-5-9-21(30-3)10-6-19)18-20-7-11-22(31-4)12-8-20;1-30-20-8-4-18(5-9-20)16-25(17-19-6-10-21(31-2)11-7-19)34(28,29)22-12-13-24(23-22)14-15-32-33(3,26)27/h5-14H,15-18H2,1-4H3;4-13H,14-17H2,1-3H3. The Hall–Kier alpha value is -5.81. The van der Waals surface area contributed by atoms with Gasteiger partial charge in [0.15, 0.2) is 10.1 Å². The second kappa shape index (κ2) is 23.6. The van der Waals surface area contributed by atoms with Crippen molar-refractivity contribution in [1.82, 2.24) is 33.1 Å². The molecule has 0 bridgehead atoms. The van der Waals surface area contributed by atoms with E-state index in [1.807, 2.05) is 67.5 Å². The van der Waals surface area contributed by atoms with Gasteiger partial charge in [-0.15, -0.1) is 0 Å². The Morgan fingerprint density at radius 2 is 0.773 bits per heavy atom. The molecular formula is C45H57N7O11S3. The maximum absolute atomic E-state index is 13.5. The van der Waals surface area contributed by atoms with Crippen molar-refractivity contribution >= 4 is 30.2 Å². The van der Waals surface area contributed by atoms with Crippen molar-refractivity contribution < 1.29 is 48.4 Å². The molecule has 2 aromatic heterocycles. The molecule has 0 aliphatic carbocycles. The molecule has 6 aromatic rings. The molecule has 0 N–H and O–H groups in total. The van der Waals surface area contributed by atoms with E-state index in [-0.39, 0.29) is 49.4 Å². The monoisotopic (exact) mass is 967 g/mol. The summed E-state index contributed by atoms with van der Waals surface area (Å²) in [4.78, 5) is 2.02. The lowest BCUT2D eigenvalue weighted by atomic mass is 10.2. The molecule has 18 nitrogen and oxygen atoms in total. The van der Waals surface area contributed by atoms with Gasteiger partial charge in [-0.05, 0) is 97.0 Å². The fraction of sp³-hybridized carbons (Fsp3) is 0.333. The Balaban J connectivity index is 0.000000248. The Morgan fingerprint density at radius 1 is 0.470 bits per heavy atom. The van der Waals surface area contributed by atoms with E-state index >= 15 is 0 Å². The molecule has 6 rings (SSSR count). The van der Waals surface area contributed by atoms with Crippen LogP contribution in [0, 0.1) is 0 Å². The fourth-order valence-corrected chi connectivity index (χ4v) is 9.31. The lowest BCUT2D eigenvalue weighted by Gasteiger charge is -2.21. The van der Waals surface area contributed by atoms with Crippen LogP contribution >= 0.6 is 0 Å². The number of benzene rings is 4. The van der Waals surface area contributed by atoms with Crippen LogP contribution in [-0.4, -0.2) is 120 Å². The number of ether oxygens (including phenoxy) is 4. The van der Waals surface area contributed by atoms with Gasteiger partial charge < -0.3 is 23.8 Å². The van der Waals surface area contributed by atoms with Gasteiger partial charge >= 0.3 is 0 Å². The van der Waals surface area contributed by atoms with Crippen molar-refractivity contribution in [1.29, 1.82) is 0 Å². The zero-order chi connectivity index (χ0) is 47.9. The molecule has 2 heterocycles. The second-order valence-corrected chi connectivity index (χ2v) is 20.5. The summed E-state index contributed by atoms with van der Waals surface area (Å²) in [5.74, 6) is 2.78. The maximum Gasteiger partial charge on any atom is 0.264 e. The smallest absolute Gasteiger partial charge is 0.264 e. The molecule has 66 heavy (non-hydrogen) atoms. The number of methoxy groups -OCH3 is 4. The summed E-state index contributed by atoms with van der Waals surface area (Å²) in [7, 11) is -1.14. The third kappa shape index (κ3) is 15.1. The molecule has 0 aliphatic heterocycles. The van der Waals surface area contributed by atoms with Crippen molar-refractivity contribution in [3.63, 3.8) is 0 Å². The molecule has 356 valence electrons. The summed E-state index contributed by atoms with van der Waals surface area (Å²) < 4.78 is 108. The van der Waals surface area contributed by atoms with Gasteiger partial charge in [-0.3, -0.25) is 13.5 Å². The van der Waals surface area contributed by atoms with Gasteiger partial charge in [-0.1, -0.05) is 48.5 Å². The molecule has 0 amide bonds. The first-order valence-corrected chi connectivity index (χ1v) is 25.2. The van der Waals surface area contributed by atoms with Crippen LogP contribution in [0.5, 0.6) is 23.0 Å². The van der Waals surface area contributed by atoms with Crippen molar-refractivity contribution in [2.45, 2.75) is 49.3 Å². The third-order valence-corrected chi connectivity index (χ3v) is 13.9. The Kier molecular flexibility index (Phi) is 18.3. The van der Waals surface area contributed by atoms with E-state index in [4.69, 9.17) is 23.1 Å². The van der Waals surface area contributed by atoms with Gasteiger partial charge in [0.25, 0.3) is 30.2 Å². The molecule has 0 unspecified atom stereocenters. The largest absolute Gasteiger partial charge is 0.497 e. The van der Waals surface area contributed by atoms with E-state index in [1.54, 1.807) is 93.9 Å². The van der Waals surface area contributed by atoms with Crippen molar-refractivity contribution in [3.05, 3.63) is 144 Å². The Morgan fingerprint density at radius 3 is 1.05 bits per heavy atom. The number of likely N-dealkylation sites (N-methyl/N-ethyl adjacent to an activating group) is 1.